The van der Waals surface area contributed by atoms with Gasteiger partial charge in [0.2, 0.25) is 0 Å². The van der Waals surface area contributed by atoms with Crippen LogP contribution in [0.15, 0.2) is 24.3 Å². The van der Waals surface area contributed by atoms with Gasteiger partial charge in [-0.3, -0.25) is 0 Å². The Morgan fingerprint density at radius 2 is 2.05 bits per heavy atom. The van der Waals surface area contributed by atoms with Gasteiger partial charge < -0.3 is 9.88 Å². The van der Waals surface area contributed by atoms with Gasteiger partial charge in [0.1, 0.15) is 5.82 Å². The van der Waals surface area contributed by atoms with E-state index in [9.17, 15) is 0 Å². The van der Waals surface area contributed by atoms with Crippen LogP contribution in [0.5, 0.6) is 0 Å². The first kappa shape index (κ1) is 14.1. The third-order valence-corrected chi connectivity index (χ3v) is 3.65. The largest absolute Gasteiger partial charge is 0.328 e. The van der Waals surface area contributed by atoms with E-state index in [4.69, 9.17) is 4.98 Å². The summed E-state index contributed by atoms with van der Waals surface area (Å²) in [5.41, 5.74) is 2.39. The first-order chi connectivity index (χ1) is 9.26. The average molecular weight is 259 g/mol. The van der Waals surface area contributed by atoms with Crippen molar-refractivity contribution in [1.82, 2.24) is 14.9 Å². The summed E-state index contributed by atoms with van der Waals surface area (Å²) in [6.45, 7) is 9.81. The Balaban J connectivity index is 2.07. The summed E-state index contributed by atoms with van der Waals surface area (Å²) in [7, 11) is 0. The van der Waals surface area contributed by atoms with Crippen molar-refractivity contribution in [2.75, 3.05) is 13.1 Å². The van der Waals surface area contributed by atoms with Crippen molar-refractivity contribution in [3.63, 3.8) is 0 Å². The molecule has 0 radical (unpaired) electrons. The Hall–Kier alpha value is -1.35. The lowest BCUT2D eigenvalue weighted by molar-refractivity contribution is 0.479. The Kier molecular flexibility index (Phi) is 4.97. The first-order valence-electron chi connectivity index (χ1n) is 7.41. The van der Waals surface area contributed by atoms with Crippen LogP contribution >= 0.6 is 0 Å². The number of nitrogens with one attached hydrogen (secondary N) is 1. The quantitative estimate of drug-likeness (QED) is 0.827. The van der Waals surface area contributed by atoms with Gasteiger partial charge in [0.15, 0.2) is 0 Å². The van der Waals surface area contributed by atoms with Gasteiger partial charge in [-0.1, -0.05) is 26.0 Å². The van der Waals surface area contributed by atoms with E-state index in [0.29, 0.717) is 5.92 Å². The van der Waals surface area contributed by atoms with E-state index in [1.54, 1.807) is 0 Å². The molecule has 2 rings (SSSR count). The number of fused-ring (bicyclic) bond motifs is 1. The number of aryl methyl sites for hydroxylation is 2. The molecule has 1 aromatic heterocycles. The molecule has 19 heavy (non-hydrogen) atoms. The highest BCUT2D eigenvalue weighted by Gasteiger charge is 2.10. The van der Waals surface area contributed by atoms with E-state index in [-0.39, 0.29) is 0 Å². The Morgan fingerprint density at radius 3 is 2.79 bits per heavy atom. The number of benzene rings is 1. The lowest BCUT2D eigenvalue weighted by Crippen LogP contribution is -2.21. The van der Waals surface area contributed by atoms with Crippen LogP contribution in [0.25, 0.3) is 11.0 Å². The lowest BCUT2D eigenvalue weighted by atomic mass is 10.1. The van der Waals surface area contributed by atoms with E-state index in [1.807, 2.05) is 0 Å². The van der Waals surface area contributed by atoms with Crippen molar-refractivity contribution in [3.8, 4) is 0 Å². The third kappa shape index (κ3) is 3.35. The van der Waals surface area contributed by atoms with Crippen molar-refractivity contribution >= 4 is 11.0 Å². The minimum absolute atomic E-state index is 0.699. The molecule has 1 unspecified atom stereocenters. The van der Waals surface area contributed by atoms with E-state index < -0.39 is 0 Å². The van der Waals surface area contributed by atoms with Crippen LogP contribution in [0.4, 0.5) is 0 Å². The predicted octanol–water partition coefficient (Wildman–Crippen LogP) is 3.23. The Labute approximate surface area is 116 Å². The van der Waals surface area contributed by atoms with Gasteiger partial charge in [-0.2, -0.15) is 0 Å². The summed E-state index contributed by atoms with van der Waals surface area (Å²) in [6.07, 6.45) is 2.26. The molecule has 0 amide bonds. The molecule has 0 fully saturated rings. The summed E-state index contributed by atoms with van der Waals surface area (Å²) in [4.78, 5) is 4.78. The summed E-state index contributed by atoms with van der Waals surface area (Å²) in [6, 6.07) is 8.42. The second kappa shape index (κ2) is 6.71. The fourth-order valence-electron chi connectivity index (χ4n) is 2.54. The van der Waals surface area contributed by atoms with Crippen LogP contribution in [-0.2, 0) is 13.0 Å². The normalized spacial score (nSPS) is 13.0. The highest BCUT2D eigenvalue weighted by Crippen LogP contribution is 2.18. The lowest BCUT2D eigenvalue weighted by Gasteiger charge is -2.12. The molecule has 1 heterocycles. The highest BCUT2D eigenvalue weighted by atomic mass is 15.1. The fraction of sp³-hybridized carbons (Fsp3) is 0.562. The van der Waals surface area contributed by atoms with Gasteiger partial charge in [0.25, 0.3) is 0 Å². The van der Waals surface area contributed by atoms with E-state index in [0.717, 1.165) is 31.6 Å². The maximum Gasteiger partial charge on any atom is 0.109 e. The van der Waals surface area contributed by atoms with Gasteiger partial charge >= 0.3 is 0 Å². The molecule has 0 aliphatic rings. The molecule has 1 aromatic carbocycles. The smallest absolute Gasteiger partial charge is 0.109 e. The van der Waals surface area contributed by atoms with E-state index >= 15 is 0 Å². The maximum absolute atomic E-state index is 4.78. The average Bonchev–Trinajstić information content (AvgIpc) is 2.80. The molecule has 1 atom stereocenters. The van der Waals surface area contributed by atoms with Gasteiger partial charge in [-0.05, 0) is 44.5 Å². The Morgan fingerprint density at radius 1 is 1.26 bits per heavy atom. The molecule has 0 spiro atoms. The second-order valence-corrected chi connectivity index (χ2v) is 5.21. The number of nitrogens with zero attached hydrogens (tertiary/aromatic N) is 2. The number of imidazole rings is 1. The van der Waals surface area contributed by atoms with E-state index in [1.165, 1.54) is 17.8 Å². The van der Waals surface area contributed by atoms with Crippen molar-refractivity contribution in [1.29, 1.82) is 0 Å². The summed E-state index contributed by atoms with van der Waals surface area (Å²) in [5.74, 6) is 1.93. The van der Waals surface area contributed by atoms with Crippen LogP contribution in [0.3, 0.4) is 0 Å². The van der Waals surface area contributed by atoms with Crippen molar-refractivity contribution in [2.24, 2.45) is 5.92 Å². The Bertz CT molecular complexity index is 516. The number of aromatic nitrogens is 2. The van der Waals surface area contributed by atoms with Crippen LogP contribution in [0, 0.1) is 5.92 Å². The molecule has 0 aliphatic heterocycles. The number of rotatable bonds is 7. The van der Waals surface area contributed by atoms with Gasteiger partial charge in [-0.15, -0.1) is 0 Å². The fourth-order valence-corrected chi connectivity index (χ4v) is 2.54. The summed E-state index contributed by atoms with van der Waals surface area (Å²) in [5, 5.41) is 3.41. The van der Waals surface area contributed by atoms with Gasteiger partial charge in [0.05, 0.1) is 11.0 Å². The molecule has 104 valence electrons. The minimum Gasteiger partial charge on any atom is -0.328 e. The molecular weight excluding hydrogens is 234 g/mol. The zero-order valence-corrected chi connectivity index (χ0v) is 12.3. The number of hydrogen-bond acceptors (Lipinski definition) is 2. The second-order valence-electron chi connectivity index (χ2n) is 5.21. The van der Waals surface area contributed by atoms with Crippen LogP contribution < -0.4 is 5.32 Å². The molecule has 0 bridgehead atoms. The topological polar surface area (TPSA) is 29.9 Å². The molecule has 0 saturated carbocycles. The van der Waals surface area contributed by atoms with Crippen LogP contribution in [0.1, 0.15) is 33.0 Å². The molecule has 0 aliphatic carbocycles. The molecule has 2 aromatic rings. The standard InChI is InChI=1S/C16H25N3/c1-4-17-12-13(3)10-11-16-18-14-8-6-7-9-15(14)19(16)5-2/h6-9,13,17H,4-5,10-12H2,1-3H3. The van der Waals surface area contributed by atoms with E-state index in [2.05, 4.69) is 54.9 Å². The van der Waals surface area contributed by atoms with Crippen LogP contribution in [-0.4, -0.2) is 22.6 Å². The van der Waals surface area contributed by atoms with Crippen LogP contribution in [0.2, 0.25) is 0 Å². The summed E-state index contributed by atoms with van der Waals surface area (Å²) >= 11 is 0. The molecule has 1 N–H and O–H groups in total. The third-order valence-electron chi connectivity index (χ3n) is 3.65. The monoisotopic (exact) mass is 259 g/mol. The van der Waals surface area contributed by atoms with Gasteiger partial charge in [-0.25, -0.2) is 4.98 Å². The molecule has 0 saturated heterocycles. The molecule has 3 nitrogen and oxygen atoms in total. The van der Waals surface area contributed by atoms with Crippen molar-refractivity contribution < 1.29 is 0 Å². The molecule has 3 heteroatoms. The predicted molar refractivity (Wildman–Crippen MR) is 81.4 cm³/mol. The van der Waals surface area contributed by atoms with Crippen molar-refractivity contribution in [2.45, 2.75) is 40.2 Å². The maximum atomic E-state index is 4.78. The first-order valence-corrected chi connectivity index (χ1v) is 7.41. The number of hydrogen-bond donors (Lipinski definition) is 1. The SMILES string of the molecule is CCNCC(C)CCc1nc2ccccc2n1CC. The zero-order valence-electron chi connectivity index (χ0n) is 12.3. The minimum atomic E-state index is 0.699. The van der Waals surface area contributed by atoms with Gasteiger partial charge in [0, 0.05) is 13.0 Å². The highest BCUT2D eigenvalue weighted by molar-refractivity contribution is 5.75. The number of para-hydroxylation sites is 2. The molecular formula is C16H25N3. The summed E-state index contributed by atoms with van der Waals surface area (Å²) < 4.78 is 2.34. The van der Waals surface area contributed by atoms with Crippen molar-refractivity contribution in [3.05, 3.63) is 30.1 Å². The zero-order chi connectivity index (χ0) is 13.7.